The smallest absolute Gasteiger partial charge is 0.257 e. The van der Waals surface area contributed by atoms with Gasteiger partial charge in [-0.05, 0) is 47.5 Å². The minimum Gasteiger partial charge on any atom is -0.497 e. The van der Waals surface area contributed by atoms with E-state index in [0.717, 1.165) is 23.9 Å². The second-order valence-electron chi connectivity index (χ2n) is 8.52. The molecule has 0 aromatic heterocycles. The molecular formula is C26H24F2N2O3. The number of hydrogen-bond donors (Lipinski definition) is 0. The van der Waals surface area contributed by atoms with E-state index in [1.54, 1.807) is 37.3 Å². The van der Waals surface area contributed by atoms with Crippen LogP contribution in [0.25, 0.3) is 11.1 Å². The van der Waals surface area contributed by atoms with Gasteiger partial charge in [0.25, 0.3) is 5.91 Å². The van der Waals surface area contributed by atoms with E-state index in [1.807, 2.05) is 24.3 Å². The first-order chi connectivity index (χ1) is 15.9. The molecule has 7 heteroatoms. The van der Waals surface area contributed by atoms with Gasteiger partial charge in [0.1, 0.15) is 29.2 Å². The van der Waals surface area contributed by atoms with Crippen LogP contribution in [0.1, 0.15) is 15.9 Å². The molecule has 0 spiro atoms. The highest BCUT2D eigenvalue weighted by molar-refractivity contribution is 5.98. The van der Waals surface area contributed by atoms with Gasteiger partial charge in [-0.1, -0.05) is 18.2 Å². The number of nitrogens with zero attached hydrogens (tertiary/aromatic N) is 2. The summed E-state index contributed by atoms with van der Waals surface area (Å²) >= 11 is 0. The van der Waals surface area contributed by atoms with Gasteiger partial charge < -0.3 is 14.4 Å². The fraction of sp³-hybridized carbons (Fsp3) is 0.269. The number of likely N-dealkylation sites (tertiary alicyclic amines) is 1. The Bertz CT molecular complexity index is 1200. The van der Waals surface area contributed by atoms with Crippen LogP contribution in [-0.2, 0) is 6.54 Å². The van der Waals surface area contributed by atoms with Crippen molar-refractivity contribution in [3.05, 3.63) is 83.4 Å². The summed E-state index contributed by atoms with van der Waals surface area (Å²) in [4.78, 5) is 17.2. The fourth-order valence-corrected chi connectivity index (χ4v) is 4.63. The molecule has 2 aliphatic rings. The predicted octanol–water partition coefficient (Wildman–Crippen LogP) is 4.36. The predicted molar refractivity (Wildman–Crippen MR) is 120 cm³/mol. The van der Waals surface area contributed by atoms with Gasteiger partial charge in [-0.25, -0.2) is 8.78 Å². The van der Waals surface area contributed by atoms with Gasteiger partial charge in [0, 0.05) is 38.3 Å². The van der Waals surface area contributed by atoms with Gasteiger partial charge in [-0.3, -0.25) is 9.69 Å². The van der Waals surface area contributed by atoms with Gasteiger partial charge in [-0.15, -0.1) is 0 Å². The van der Waals surface area contributed by atoms with Gasteiger partial charge in [0.15, 0.2) is 0 Å². The first-order valence-electron chi connectivity index (χ1n) is 10.8. The van der Waals surface area contributed by atoms with Crippen LogP contribution in [0.5, 0.6) is 11.5 Å². The number of hydrogen-bond acceptors (Lipinski definition) is 4. The number of halogens is 2. The van der Waals surface area contributed by atoms with Gasteiger partial charge in [0.05, 0.1) is 18.7 Å². The highest BCUT2D eigenvalue weighted by Gasteiger charge is 2.42. The van der Waals surface area contributed by atoms with Crippen molar-refractivity contribution in [3.63, 3.8) is 0 Å². The fourth-order valence-electron chi connectivity index (χ4n) is 4.63. The lowest BCUT2D eigenvalue weighted by Crippen LogP contribution is -2.44. The molecule has 33 heavy (non-hydrogen) atoms. The Morgan fingerprint density at radius 2 is 1.76 bits per heavy atom. The molecule has 0 N–H and O–H groups in total. The van der Waals surface area contributed by atoms with E-state index in [-0.39, 0.29) is 23.6 Å². The van der Waals surface area contributed by atoms with Crippen LogP contribution in [-0.4, -0.2) is 55.1 Å². The molecule has 2 unspecified atom stereocenters. The van der Waals surface area contributed by atoms with E-state index in [1.165, 1.54) is 12.1 Å². The molecular weight excluding hydrogens is 426 g/mol. The van der Waals surface area contributed by atoms with Crippen molar-refractivity contribution in [1.82, 2.24) is 9.80 Å². The maximum absolute atomic E-state index is 14.3. The van der Waals surface area contributed by atoms with Gasteiger partial charge >= 0.3 is 0 Å². The third-order valence-electron chi connectivity index (χ3n) is 6.43. The minimum atomic E-state index is -0.656. The summed E-state index contributed by atoms with van der Waals surface area (Å²) in [6.45, 7) is 2.07. The number of ether oxygens (including phenoxy) is 2. The van der Waals surface area contributed by atoms with Crippen molar-refractivity contribution < 1.29 is 23.0 Å². The van der Waals surface area contributed by atoms with Gasteiger partial charge in [0.2, 0.25) is 0 Å². The van der Waals surface area contributed by atoms with Crippen molar-refractivity contribution in [2.24, 2.45) is 0 Å². The first-order valence-corrected chi connectivity index (χ1v) is 10.8. The Hall–Kier alpha value is -3.45. The lowest BCUT2D eigenvalue weighted by Gasteiger charge is -2.25. The molecule has 0 saturated carbocycles. The average Bonchev–Trinajstić information content (AvgIpc) is 3.16. The number of carbonyl (C=O) groups is 1. The molecule has 0 radical (unpaired) electrons. The zero-order valence-corrected chi connectivity index (χ0v) is 18.4. The molecule has 2 heterocycles. The second-order valence-corrected chi connectivity index (χ2v) is 8.52. The molecule has 1 amide bonds. The van der Waals surface area contributed by atoms with Crippen molar-refractivity contribution in [3.8, 4) is 22.6 Å². The number of methoxy groups -OCH3 is 1. The normalized spacial score (nSPS) is 20.1. The monoisotopic (exact) mass is 450 g/mol. The number of benzene rings is 3. The number of carbonyl (C=O) groups excluding carboxylic acids is 1. The summed E-state index contributed by atoms with van der Waals surface area (Å²) in [5.74, 6) is -0.188. The number of rotatable bonds is 4. The summed E-state index contributed by atoms with van der Waals surface area (Å²) in [6, 6.07) is 16.3. The van der Waals surface area contributed by atoms with Crippen LogP contribution in [0.2, 0.25) is 0 Å². The summed E-state index contributed by atoms with van der Waals surface area (Å²) in [6.07, 6.45) is -0.216. The molecule has 1 fully saturated rings. The summed E-state index contributed by atoms with van der Waals surface area (Å²) in [5, 5.41) is 0. The van der Waals surface area contributed by atoms with E-state index in [2.05, 4.69) is 4.90 Å². The van der Waals surface area contributed by atoms with E-state index < -0.39 is 11.6 Å². The maximum atomic E-state index is 14.3. The zero-order valence-electron chi connectivity index (χ0n) is 18.4. The van der Waals surface area contributed by atoms with Crippen LogP contribution in [0, 0.1) is 11.6 Å². The second kappa shape index (κ2) is 8.48. The summed E-state index contributed by atoms with van der Waals surface area (Å²) in [7, 11) is 3.43. The van der Waals surface area contributed by atoms with E-state index >= 15 is 0 Å². The molecule has 3 aromatic carbocycles. The first kappa shape index (κ1) is 21.4. The van der Waals surface area contributed by atoms with E-state index in [0.29, 0.717) is 30.0 Å². The Balaban J connectivity index is 1.40. The number of likely N-dealkylation sites (N-methyl/N-ethyl adjacent to an activating group) is 1. The number of amides is 1. The quantitative estimate of drug-likeness (QED) is 0.593. The Morgan fingerprint density at radius 1 is 1.00 bits per heavy atom. The molecule has 2 aliphatic heterocycles. The standard InChI is InChI=1S/C26H24F2N2O3/c1-29-23-14-30(13-16-3-7-19(32-2)8-4-16)15-25(23)33-24-11-17(5-9-21(24)26(29)31)20-10-6-18(27)12-22(20)28/h3-12,23,25H,13-15H2,1-2H3. The Kier molecular flexibility index (Phi) is 5.50. The molecule has 170 valence electrons. The molecule has 1 saturated heterocycles. The lowest BCUT2D eigenvalue weighted by atomic mass is 10.0. The van der Waals surface area contributed by atoms with Crippen LogP contribution in [0.15, 0.2) is 60.7 Å². The zero-order chi connectivity index (χ0) is 23.1. The van der Waals surface area contributed by atoms with Crippen molar-refractivity contribution >= 4 is 5.91 Å². The summed E-state index contributed by atoms with van der Waals surface area (Å²) in [5.41, 5.74) is 2.39. The molecule has 0 aliphatic carbocycles. The minimum absolute atomic E-state index is 0.103. The third kappa shape index (κ3) is 4.04. The Labute approximate surface area is 191 Å². The topological polar surface area (TPSA) is 42.0 Å². The molecule has 2 atom stereocenters. The van der Waals surface area contributed by atoms with Crippen molar-refractivity contribution in [2.45, 2.75) is 18.7 Å². The molecule has 5 nitrogen and oxygen atoms in total. The molecule has 5 rings (SSSR count). The highest BCUT2D eigenvalue weighted by atomic mass is 19.1. The van der Waals surface area contributed by atoms with Crippen LogP contribution in [0.3, 0.4) is 0 Å². The third-order valence-corrected chi connectivity index (χ3v) is 6.43. The van der Waals surface area contributed by atoms with Crippen LogP contribution >= 0.6 is 0 Å². The highest BCUT2D eigenvalue weighted by Crippen LogP contribution is 2.35. The van der Waals surface area contributed by atoms with Crippen molar-refractivity contribution in [1.29, 1.82) is 0 Å². The maximum Gasteiger partial charge on any atom is 0.257 e. The van der Waals surface area contributed by atoms with Crippen LogP contribution in [0.4, 0.5) is 8.78 Å². The SMILES string of the molecule is COc1ccc(CN2CC3Oc4cc(-c5ccc(F)cc5F)ccc4C(=O)N(C)C3C2)cc1. The number of fused-ring (bicyclic) bond motifs is 2. The van der Waals surface area contributed by atoms with E-state index in [9.17, 15) is 13.6 Å². The molecule has 0 bridgehead atoms. The molecule has 3 aromatic rings. The van der Waals surface area contributed by atoms with E-state index in [4.69, 9.17) is 9.47 Å². The van der Waals surface area contributed by atoms with Crippen LogP contribution < -0.4 is 9.47 Å². The largest absolute Gasteiger partial charge is 0.497 e. The van der Waals surface area contributed by atoms with Gasteiger partial charge in [-0.2, -0.15) is 0 Å². The average molecular weight is 450 g/mol. The van der Waals surface area contributed by atoms with Crippen molar-refractivity contribution in [2.75, 3.05) is 27.2 Å². The summed E-state index contributed by atoms with van der Waals surface area (Å²) < 4.78 is 39.2. The lowest BCUT2D eigenvalue weighted by molar-refractivity contribution is 0.0682. The Morgan fingerprint density at radius 3 is 2.48 bits per heavy atom.